The van der Waals surface area contributed by atoms with Crippen LogP contribution in [0, 0.1) is 29.1 Å². The van der Waals surface area contributed by atoms with Crippen LogP contribution in [0.1, 0.15) is 44.1 Å². The third-order valence-corrected chi connectivity index (χ3v) is 6.19. The highest BCUT2D eigenvalue weighted by atomic mass is 79.9. The molecule has 0 unspecified atom stereocenters. The van der Waals surface area contributed by atoms with Crippen LogP contribution >= 0.6 is 15.9 Å². The molecule has 0 atom stereocenters. The number of halogens is 1. The molecule has 0 aromatic heterocycles. The van der Waals surface area contributed by atoms with Gasteiger partial charge in [0.1, 0.15) is 0 Å². The van der Waals surface area contributed by atoms with Gasteiger partial charge >= 0.3 is 0 Å². The molecule has 3 heteroatoms. The van der Waals surface area contributed by atoms with E-state index in [2.05, 4.69) is 33.4 Å². The molecule has 0 radical (unpaired) electrons. The largest absolute Gasteiger partial charge is 0.379 e. The van der Waals surface area contributed by atoms with Gasteiger partial charge in [-0.1, -0.05) is 0 Å². The highest BCUT2D eigenvalue weighted by molar-refractivity contribution is 9.10. The van der Waals surface area contributed by atoms with Crippen LogP contribution in [0.3, 0.4) is 0 Å². The quantitative estimate of drug-likeness (QED) is 0.852. The van der Waals surface area contributed by atoms with Crippen LogP contribution < -0.4 is 5.32 Å². The van der Waals surface area contributed by atoms with Gasteiger partial charge < -0.3 is 5.32 Å². The second-order valence-electron chi connectivity index (χ2n) is 7.13. The lowest BCUT2D eigenvalue weighted by Gasteiger charge is -2.57. The summed E-state index contributed by atoms with van der Waals surface area (Å²) in [5, 5.41) is 12.8. The van der Waals surface area contributed by atoms with Gasteiger partial charge in [0.15, 0.2) is 0 Å². The van der Waals surface area contributed by atoms with Crippen LogP contribution in [0.25, 0.3) is 0 Å². The molecule has 5 rings (SSSR count). The Labute approximate surface area is 128 Å². The van der Waals surface area contributed by atoms with Crippen molar-refractivity contribution in [1.29, 1.82) is 5.26 Å². The van der Waals surface area contributed by atoms with E-state index in [1.807, 2.05) is 12.1 Å². The van der Waals surface area contributed by atoms with Gasteiger partial charge in [-0.05, 0) is 90.4 Å². The van der Waals surface area contributed by atoms with Crippen molar-refractivity contribution >= 4 is 21.6 Å². The molecular formula is C17H19BrN2. The number of hydrogen-bond donors (Lipinski definition) is 1. The van der Waals surface area contributed by atoms with Crippen LogP contribution in [0.5, 0.6) is 0 Å². The monoisotopic (exact) mass is 330 g/mol. The number of benzene rings is 1. The Morgan fingerprint density at radius 3 is 2.20 bits per heavy atom. The molecule has 0 spiro atoms. The number of nitrogens with zero attached hydrogens (tertiary/aromatic N) is 1. The molecule has 4 aliphatic carbocycles. The number of hydrogen-bond acceptors (Lipinski definition) is 2. The average Bonchev–Trinajstić information content (AvgIpc) is 2.39. The normalized spacial score (nSPS) is 37.7. The van der Waals surface area contributed by atoms with Gasteiger partial charge in [-0.2, -0.15) is 5.26 Å². The zero-order valence-electron chi connectivity index (χ0n) is 11.5. The predicted octanol–water partition coefficient (Wildman–Crippen LogP) is 4.70. The highest BCUT2D eigenvalue weighted by Crippen LogP contribution is 2.56. The fourth-order valence-corrected chi connectivity index (χ4v) is 5.71. The standard InChI is InChI=1S/C17H19BrN2/c18-15-6-11(10-19)1-2-16(15)20-17-7-12-3-13(8-17)5-14(4-12)9-17/h1-2,6,12-14,20H,3-5,7-9H2. The molecule has 1 aromatic carbocycles. The Morgan fingerprint density at radius 1 is 1.10 bits per heavy atom. The second-order valence-corrected chi connectivity index (χ2v) is 7.98. The Balaban J connectivity index is 1.61. The zero-order chi connectivity index (χ0) is 13.7. The van der Waals surface area contributed by atoms with Crippen molar-refractivity contribution in [1.82, 2.24) is 0 Å². The van der Waals surface area contributed by atoms with Crippen LogP contribution in [0.15, 0.2) is 22.7 Å². The van der Waals surface area contributed by atoms with Gasteiger partial charge in [0.05, 0.1) is 11.6 Å². The van der Waals surface area contributed by atoms with Gasteiger partial charge in [-0.15, -0.1) is 0 Å². The van der Waals surface area contributed by atoms with Crippen LogP contribution in [-0.4, -0.2) is 5.54 Å². The minimum absolute atomic E-state index is 0.325. The van der Waals surface area contributed by atoms with Crippen molar-refractivity contribution in [3.63, 3.8) is 0 Å². The maximum Gasteiger partial charge on any atom is 0.0992 e. The van der Waals surface area contributed by atoms with E-state index in [1.54, 1.807) is 0 Å². The van der Waals surface area contributed by atoms with Crippen molar-refractivity contribution in [3.05, 3.63) is 28.2 Å². The van der Waals surface area contributed by atoms with E-state index in [0.717, 1.165) is 27.9 Å². The lowest BCUT2D eigenvalue weighted by atomic mass is 9.53. The van der Waals surface area contributed by atoms with Crippen molar-refractivity contribution < 1.29 is 0 Å². The van der Waals surface area contributed by atoms with E-state index in [1.165, 1.54) is 38.5 Å². The minimum Gasteiger partial charge on any atom is -0.379 e. The molecule has 0 heterocycles. The summed E-state index contributed by atoms with van der Waals surface area (Å²) in [6.45, 7) is 0. The predicted molar refractivity (Wildman–Crippen MR) is 83.4 cm³/mol. The summed E-state index contributed by atoms with van der Waals surface area (Å²) in [5.74, 6) is 2.85. The minimum atomic E-state index is 0.325. The lowest BCUT2D eigenvalue weighted by Crippen LogP contribution is -2.54. The first-order chi connectivity index (χ1) is 9.66. The molecule has 4 saturated carbocycles. The van der Waals surface area contributed by atoms with E-state index in [9.17, 15) is 0 Å². The number of anilines is 1. The molecule has 0 saturated heterocycles. The Kier molecular flexibility index (Phi) is 2.86. The molecule has 2 nitrogen and oxygen atoms in total. The summed E-state index contributed by atoms with van der Waals surface area (Å²) < 4.78 is 1.02. The second kappa shape index (κ2) is 4.49. The fraction of sp³-hybridized carbons (Fsp3) is 0.588. The Hall–Kier alpha value is -1.01. The van der Waals surface area contributed by atoms with Crippen molar-refractivity contribution in [2.45, 2.75) is 44.1 Å². The fourth-order valence-electron chi connectivity index (χ4n) is 5.24. The van der Waals surface area contributed by atoms with Crippen LogP contribution in [-0.2, 0) is 0 Å². The summed E-state index contributed by atoms with van der Waals surface area (Å²) in [4.78, 5) is 0. The maximum absolute atomic E-state index is 8.96. The Morgan fingerprint density at radius 2 is 1.70 bits per heavy atom. The zero-order valence-corrected chi connectivity index (χ0v) is 13.1. The molecule has 4 fully saturated rings. The number of rotatable bonds is 2. The summed E-state index contributed by atoms with van der Waals surface area (Å²) >= 11 is 3.61. The topological polar surface area (TPSA) is 35.8 Å². The smallest absolute Gasteiger partial charge is 0.0992 e. The average molecular weight is 331 g/mol. The van der Waals surface area contributed by atoms with E-state index in [0.29, 0.717) is 11.1 Å². The van der Waals surface area contributed by atoms with Gasteiger partial charge in [0.25, 0.3) is 0 Å². The van der Waals surface area contributed by atoms with E-state index >= 15 is 0 Å². The third-order valence-electron chi connectivity index (χ3n) is 5.54. The summed E-state index contributed by atoms with van der Waals surface area (Å²) in [6.07, 6.45) is 8.42. The van der Waals surface area contributed by atoms with E-state index < -0.39 is 0 Å². The van der Waals surface area contributed by atoms with Gasteiger partial charge in [0, 0.05) is 15.7 Å². The van der Waals surface area contributed by atoms with Crippen LogP contribution in [0.4, 0.5) is 5.69 Å². The summed E-state index contributed by atoms with van der Waals surface area (Å²) in [6, 6.07) is 8.08. The first-order valence-electron chi connectivity index (χ1n) is 7.64. The lowest BCUT2D eigenvalue weighted by molar-refractivity contribution is 0.0107. The molecule has 0 aliphatic heterocycles. The van der Waals surface area contributed by atoms with Gasteiger partial charge in [0.2, 0.25) is 0 Å². The van der Waals surface area contributed by atoms with Crippen molar-refractivity contribution in [3.8, 4) is 6.07 Å². The van der Waals surface area contributed by atoms with Gasteiger partial charge in [-0.3, -0.25) is 0 Å². The third kappa shape index (κ3) is 2.05. The van der Waals surface area contributed by atoms with Crippen molar-refractivity contribution in [2.75, 3.05) is 5.32 Å². The van der Waals surface area contributed by atoms with Crippen LogP contribution in [0.2, 0.25) is 0 Å². The summed E-state index contributed by atoms with van der Waals surface area (Å²) in [5.41, 5.74) is 2.20. The molecular weight excluding hydrogens is 312 g/mol. The first-order valence-corrected chi connectivity index (χ1v) is 8.43. The Bertz CT molecular complexity index is 552. The molecule has 0 amide bonds. The molecule has 4 bridgehead atoms. The van der Waals surface area contributed by atoms with E-state index in [4.69, 9.17) is 5.26 Å². The van der Waals surface area contributed by atoms with Gasteiger partial charge in [-0.25, -0.2) is 0 Å². The molecule has 4 aliphatic rings. The highest BCUT2D eigenvalue weighted by Gasteiger charge is 2.50. The molecule has 1 aromatic rings. The molecule has 104 valence electrons. The number of nitriles is 1. The molecule has 1 N–H and O–H groups in total. The number of nitrogens with one attached hydrogen (secondary N) is 1. The summed E-state index contributed by atoms with van der Waals surface area (Å²) in [7, 11) is 0. The maximum atomic E-state index is 8.96. The van der Waals surface area contributed by atoms with E-state index in [-0.39, 0.29) is 0 Å². The first kappa shape index (κ1) is 12.7. The SMILES string of the molecule is N#Cc1ccc(NC23CC4CC(CC(C4)C2)C3)c(Br)c1. The van der Waals surface area contributed by atoms with Crippen molar-refractivity contribution in [2.24, 2.45) is 17.8 Å². The molecule has 20 heavy (non-hydrogen) atoms.